The molecule has 1 atom stereocenters. The molecule has 1 aliphatic carbocycles. The summed E-state index contributed by atoms with van der Waals surface area (Å²) in [5.41, 5.74) is 1.96. The van der Waals surface area contributed by atoms with E-state index in [1.54, 1.807) is 31.3 Å². The summed E-state index contributed by atoms with van der Waals surface area (Å²) in [6.45, 7) is -0.754. The number of benzene rings is 2. The van der Waals surface area contributed by atoms with E-state index >= 15 is 0 Å². The van der Waals surface area contributed by atoms with Gasteiger partial charge in [0.1, 0.15) is 24.7 Å². The molecule has 11 heteroatoms. The average Bonchev–Trinajstić information content (AvgIpc) is 3.25. The van der Waals surface area contributed by atoms with Gasteiger partial charge in [-0.05, 0) is 24.3 Å². The van der Waals surface area contributed by atoms with Crippen molar-refractivity contribution in [2.24, 2.45) is 7.05 Å². The van der Waals surface area contributed by atoms with Crippen LogP contribution in [0.3, 0.4) is 0 Å². The number of fused-ring (bicyclic) bond motifs is 3. The Labute approximate surface area is 203 Å². The fraction of sp³-hybridized carbons (Fsp3) is 0.292. The third-order valence-corrected chi connectivity index (χ3v) is 6.25. The summed E-state index contributed by atoms with van der Waals surface area (Å²) in [5.74, 6) is -4.36. The first-order chi connectivity index (χ1) is 16.6. The fourth-order valence-corrected chi connectivity index (χ4v) is 4.31. The van der Waals surface area contributed by atoms with Crippen molar-refractivity contribution in [1.29, 1.82) is 0 Å². The molecule has 0 saturated heterocycles. The Kier molecular flexibility index (Phi) is 5.71. The maximum absolute atomic E-state index is 14.4. The molecule has 5 rings (SSSR count). The second kappa shape index (κ2) is 8.60. The molecule has 35 heavy (non-hydrogen) atoms. The van der Waals surface area contributed by atoms with Crippen molar-refractivity contribution in [3.8, 4) is 17.0 Å². The molecule has 2 heterocycles. The topological polar surface area (TPSA) is 76.5 Å². The fourth-order valence-electron chi connectivity index (χ4n) is 4.14. The number of amides is 2. The minimum absolute atomic E-state index is 0.0222. The molecule has 0 spiro atoms. The normalized spacial score (nSPS) is 17.1. The van der Waals surface area contributed by atoms with Crippen molar-refractivity contribution < 1.29 is 27.5 Å². The number of hydrogen-bond donors (Lipinski definition) is 1. The highest BCUT2D eigenvalue weighted by Gasteiger charge is 2.57. The average molecular weight is 505 g/mol. The largest absolute Gasteiger partial charge is 0.488 e. The van der Waals surface area contributed by atoms with Gasteiger partial charge in [0.15, 0.2) is 5.69 Å². The van der Waals surface area contributed by atoms with Crippen LogP contribution < -0.4 is 10.1 Å². The van der Waals surface area contributed by atoms with Crippen molar-refractivity contribution in [2.45, 2.75) is 31.5 Å². The van der Waals surface area contributed by atoms with Crippen LogP contribution in [0.15, 0.2) is 42.5 Å². The lowest BCUT2D eigenvalue weighted by Crippen LogP contribution is -2.42. The van der Waals surface area contributed by atoms with E-state index in [1.807, 2.05) is 0 Å². The molecule has 0 radical (unpaired) electrons. The van der Waals surface area contributed by atoms with Gasteiger partial charge in [0.2, 0.25) is 5.91 Å². The predicted octanol–water partition coefficient (Wildman–Crippen LogP) is 3.94. The number of alkyl halides is 2. The Morgan fingerprint density at radius 1 is 1.29 bits per heavy atom. The molecule has 182 valence electrons. The summed E-state index contributed by atoms with van der Waals surface area (Å²) in [5, 5.41) is 7.07. The van der Waals surface area contributed by atoms with E-state index in [2.05, 4.69) is 10.4 Å². The number of ether oxygens (including phenoxy) is 1. The van der Waals surface area contributed by atoms with Crippen LogP contribution in [0.5, 0.6) is 5.75 Å². The minimum Gasteiger partial charge on any atom is -0.488 e. The van der Waals surface area contributed by atoms with Crippen LogP contribution in [0, 0.1) is 5.82 Å². The molecule has 3 aromatic rings. The molecule has 2 amide bonds. The van der Waals surface area contributed by atoms with Crippen molar-refractivity contribution in [1.82, 2.24) is 20.0 Å². The monoisotopic (exact) mass is 504 g/mol. The van der Waals surface area contributed by atoms with E-state index in [9.17, 15) is 22.8 Å². The Morgan fingerprint density at radius 3 is 2.74 bits per heavy atom. The first-order valence-corrected chi connectivity index (χ1v) is 11.2. The minimum atomic E-state index is -2.96. The van der Waals surface area contributed by atoms with E-state index in [-0.39, 0.29) is 24.4 Å². The molecule has 2 aliphatic rings. The van der Waals surface area contributed by atoms with Gasteiger partial charge in [-0.15, -0.1) is 0 Å². The Hall–Kier alpha value is -3.53. The number of halogens is 4. The lowest BCUT2D eigenvalue weighted by Gasteiger charge is -2.23. The third kappa shape index (κ3) is 4.45. The van der Waals surface area contributed by atoms with Gasteiger partial charge in [0.25, 0.3) is 11.8 Å². The van der Waals surface area contributed by atoms with E-state index in [0.29, 0.717) is 27.6 Å². The van der Waals surface area contributed by atoms with E-state index in [4.69, 9.17) is 16.3 Å². The van der Waals surface area contributed by atoms with Gasteiger partial charge in [-0.1, -0.05) is 29.8 Å². The van der Waals surface area contributed by atoms with Crippen LogP contribution in [0.2, 0.25) is 5.02 Å². The lowest BCUT2D eigenvalue weighted by molar-refractivity contribution is -0.122. The Bertz CT molecular complexity index is 1340. The number of carbonyl (C=O) groups excluding carboxylic acids is 2. The molecule has 1 unspecified atom stereocenters. The summed E-state index contributed by atoms with van der Waals surface area (Å²) in [6, 6.07) is 9.66. The highest BCUT2D eigenvalue weighted by atomic mass is 35.5. The van der Waals surface area contributed by atoms with Gasteiger partial charge in [-0.3, -0.25) is 14.3 Å². The SMILES string of the molecule is Cn1nc(C(=O)N(CC(=O)NC2CC2(F)F)Cc2ccccc2F)c2c1-c1cc(Cl)ccc1OC2. The summed E-state index contributed by atoms with van der Waals surface area (Å²) in [6.07, 6.45) is -0.451. The highest BCUT2D eigenvalue weighted by molar-refractivity contribution is 6.31. The van der Waals surface area contributed by atoms with Gasteiger partial charge >= 0.3 is 0 Å². The maximum atomic E-state index is 14.4. The number of aryl methyl sites for hydroxylation is 1. The lowest BCUT2D eigenvalue weighted by atomic mass is 10.0. The van der Waals surface area contributed by atoms with Crippen LogP contribution in [0.1, 0.15) is 28.0 Å². The number of nitrogens with zero attached hydrogens (tertiary/aromatic N) is 3. The number of hydrogen-bond acceptors (Lipinski definition) is 4. The van der Waals surface area contributed by atoms with Crippen LogP contribution in [-0.4, -0.2) is 45.0 Å². The van der Waals surface area contributed by atoms with Crippen molar-refractivity contribution in [3.05, 3.63) is 70.1 Å². The zero-order valence-electron chi connectivity index (χ0n) is 18.5. The molecule has 1 fully saturated rings. The number of aromatic nitrogens is 2. The zero-order chi connectivity index (χ0) is 24.9. The molecule has 1 aliphatic heterocycles. The molecule has 0 bridgehead atoms. The van der Waals surface area contributed by atoms with Gasteiger partial charge in [-0.25, -0.2) is 13.2 Å². The predicted molar refractivity (Wildman–Crippen MR) is 121 cm³/mol. The summed E-state index contributed by atoms with van der Waals surface area (Å²) in [7, 11) is 1.66. The van der Waals surface area contributed by atoms with Crippen LogP contribution in [-0.2, 0) is 25.0 Å². The maximum Gasteiger partial charge on any atom is 0.275 e. The Balaban J connectivity index is 1.47. The third-order valence-electron chi connectivity index (χ3n) is 6.02. The molecule has 2 aromatic carbocycles. The molecule has 1 aromatic heterocycles. The van der Waals surface area contributed by atoms with Gasteiger partial charge in [0.05, 0.1) is 11.7 Å². The summed E-state index contributed by atoms with van der Waals surface area (Å²) in [4.78, 5) is 27.2. The van der Waals surface area contributed by atoms with Gasteiger partial charge < -0.3 is 15.0 Å². The Morgan fingerprint density at radius 2 is 2.03 bits per heavy atom. The van der Waals surface area contributed by atoms with Gasteiger partial charge in [-0.2, -0.15) is 5.10 Å². The standard InChI is InChI=1S/C24H20ClF3N4O3/c1-31-22-15-8-14(25)6-7-18(15)35-12-16(22)21(30-31)23(34)32(10-13-4-2-3-5-17(13)26)11-20(33)29-19-9-24(19,27)28/h2-8,19H,9-12H2,1H3,(H,29,33). The summed E-state index contributed by atoms with van der Waals surface area (Å²) < 4.78 is 48.2. The van der Waals surface area contributed by atoms with Crippen LogP contribution in [0.4, 0.5) is 13.2 Å². The zero-order valence-corrected chi connectivity index (χ0v) is 19.3. The molecule has 1 saturated carbocycles. The highest BCUT2D eigenvalue weighted by Crippen LogP contribution is 2.42. The van der Waals surface area contributed by atoms with E-state index < -0.39 is 42.6 Å². The van der Waals surface area contributed by atoms with Crippen molar-refractivity contribution >= 4 is 23.4 Å². The van der Waals surface area contributed by atoms with Crippen LogP contribution >= 0.6 is 11.6 Å². The number of nitrogens with one attached hydrogen (secondary N) is 1. The van der Waals surface area contributed by atoms with Crippen molar-refractivity contribution in [3.63, 3.8) is 0 Å². The summed E-state index contributed by atoms with van der Waals surface area (Å²) >= 11 is 6.15. The molecular formula is C24H20ClF3N4O3. The number of rotatable bonds is 6. The number of carbonyl (C=O) groups is 2. The molecule has 7 nitrogen and oxygen atoms in total. The first-order valence-electron chi connectivity index (χ1n) is 10.8. The van der Waals surface area contributed by atoms with E-state index in [1.165, 1.54) is 22.9 Å². The van der Waals surface area contributed by atoms with Crippen molar-refractivity contribution in [2.75, 3.05) is 6.54 Å². The smallest absolute Gasteiger partial charge is 0.275 e. The molecule has 1 N–H and O–H groups in total. The van der Waals surface area contributed by atoms with E-state index in [0.717, 1.165) is 4.90 Å². The second-order valence-electron chi connectivity index (χ2n) is 8.57. The van der Waals surface area contributed by atoms with Crippen LogP contribution in [0.25, 0.3) is 11.3 Å². The van der Waals surface area contributed by atoms with Gasteiger partial charge in [0, 0.05) is 41.7 Å². The first kappa shape index (κ1) is 23.2. The second-order valence-corrected chi connectivity index (χ2v) is 9.00. The quantitative estimate of drug-likeness (QED) is 0.552. The molecular weight excluding hydrogens is 485 g/mol.